The Morgan fingerprint density at radius 1 is 1.19 bits per heavy atom. The first-order valence-electron chi connectivity index (χ1n) is 8.37. The number of amides is 1. The third kappa shape index (κ3) is 3.13. The molecule has 2 aromatic carbocycles. The molecule has 0 aliphatic rings. The number of carbonyl (C=O) groups is 1. The van der Waals surface area contributed by atoms with E-state index in [1.54, 1.807) is 19.1 Å². The van der Waals surface area contributed by atoms with E-state index in [-0.39, 0.29) is 11.6 Å². The molecule has 0 unspecified atom stereocenters. The standard InChI is InChI=1S/C20H19N3O3/c1-4-16-13(3)19(15-7-5-6-8-17(15)22-16)20(24)21-14-10-9-12(2)18(11-14)23(25)26/h5-11H,4H2,1-3H3,(H,21,24). The van der Waals surface area contributed by atoms with Gasteiger partial charge in [-0.25, -0.2) is 0 Å². The van der Waals surface area contributed by atoms with Crippen LogP contribution < -0.4 is 5.32 Å². The highest BCUT2D eigenvalue weighted by Gasteiger charge is 2.19. The van der Waals surface area contributed by atoms with Crippen LogP contribution in [0.5, 0.6) is 0 Å². The summed E-state index contributed by atoms with van der Waals surface area (Å²) in [6.45, 7) is 5.54. The molecule has 0 saturated heterocycles. The Hall–Kier alpha value is -3.28. The maximum atomic E-state index is 13.0. The first kappa shape index (κ1) is 17.5. The van der Waals surface area contributed by atoms with Gasteiger partial charge in [0.15, 0.2) is 0 Å². The second-order valence-corrected chi connectivity index (χ2v) is 6.14. The third-order valence-corrected chi connectivity index (χ3v) is 4.46. The third-order valence-electron chi connectivity index (χ3n) is 4.46. The topological polar surface area (TPSA) is 85.1 Å². The Kier molecular flexibility index (Phi) is 4.67. The molecule has 0 atom stereocenters. The van der Waals surface area contributed by atoms with Gasteiger partial charge in [-0.15, -0.1) is 0 Å². The fraction of sp³-hybridized carbons (Fsp3) is 0.200. The molecule has 6 heteroatoms. The predicted octanol–water partition coefficient (Wildman–Crippen LogP) is 4.57. The van der Waals surface area contributed by atoms with Gasteiger partial charge in [-0.05, 0) is 38.0 Å². The minimum atomic E-state index is -0.451. The summed E-state index contributed by atoms with van der Waals surface area (Å²) >= 11 is 0. The highest BCUT2D eigenvalue weighted by Crippen LogP contribution is 2.26. The van der Waals surface area contributed by atoms with Crippen molar-refractivity contribution >= 4 is 28.2 Å². The summed E-state index contributed by atoms with van der Waals surface area (Å²) in [4.78, 5) is 28.3. The molecule has 1 heterocycles. The van der Waals surface area contributed by atoms with Crippen molar-refractivity contribution in [1.29, 1.82) is 0 Å². The van der Waals surface area contributed by atoms with Gasteiger partial charge in [-0.3, -0.25) is 19.9 Å². The highest BCUT2D eigenvalue weighted by molar-refractivity contribution is 6.13. The summed E-state index contributed by atoms with van der Waals surface area (Å²) < 4.78 is 0. The lowest BCUT2D eigenvalue weighted by atomic mass is 9.99. The van der Waals surface area contributed by atoms with Crippen LogP contribution in [0, 0.1) is 24.0 Å². The van der Waals surface area contributed by atoms with E-state index in [0.717, 1.165) is 22.2 Å². The van der Waals surface area contributed by atoms with Crippen molar-refractivity contribution in [1.82, 2.24) is 4.98 Å². The quantitative estimate of drug-likeness (QED) is 0.552. The van der Waals surface area contributed by atoms with Crippen LogP contribution in [0.1, 0.15) is 34.1 Å². The van der Waals surface area contributed by atoms with Gasteiger partial charge in [-0.2, -0.15) is 0 Å². The van der Waals surface area contributed by atoms with Gasteiger partial charge in [0.25, 0.3) is 11.6 Å². The average Bonchev–Trinajstić information content (AvgIpc) is 2.62. The Morgan fingerprint density at radius 3 is 2.62 bits per heavy atom. The van der Waals surface area contributed by atoms with Crippen LogP contribution in [0.2, 0.25) is 0 Å². The van der Waals surface area contributed by atoms with Crippen LogP contribution in [-0.2, 0) is 6.42 Å². The Labute approximate surface area is 151 Å². The molecule has 1 aromatic heterocycles. The van der Waals surface area contributed by atoms with Crippen molar-refractivity contribution in [2.45, 2.75) is 27.2 Å². The summed E-state index contributed by atoms with van der Waals surface area (Å²) in [5.74, 6) is -0.297. The van der Waals surface area contributed by atoms with Crippen molar-refractivity contribution in [3.05, 3.63) is 75.0 Å². The van der Waals surface area contributed by atoms with Gasteiger partial charge in [0, 0.05) is 28.4 Å². The lowest BCUT2D eigenvalue weighted by Gasteiger charge is -2.14. The number of aryl methyl sites for hydroxylation is 2. The van der Waals surface area contributed by atoms with E-state index in [1.807, 2.05) is 38.1 Å². The van der Waals surface area contributed by atoms with Crippen LogP contribution in [0.4, 0.5) is 11.4 Å². The molecule has 0 radical (unpaired) electrons. The molecule has 0 aliphatic carbocycles. The molecule has 0 fully saturated rings. The number of anilines is 1. The maximum absolute atomic E-state index is 13.0. The second-order valence-electron chi connectivity index (χ2n) is 6.14. The molecule has 6 nitrogen and oxygen atoms in total. The largest absolute Gasteiger partial charge is 0.322 e. The number of fused-ring (bicyclic) bond motifs is 1. The zero-order valence-corrected chi connectivity index (χ0v) is 14.9. The van der Waals surface area contributed by atoms with E-state index in [0.29, 0.717) is 23.2 Å². The number of carbonyl (C=O) groups excluding carboxylic acids is 1. The summed E-state index contributed by atoms with van der Waals surface area (Å²) in [6, 6.07) is 12.2. The lowest BCUT2D eigenvalue weighted by molar-refractivity contribution is -0.385. The fourth-order valence-electron chi connectivity index (χ4n) is 3.07. The zero-order valence-electron chi connectivity index (χ0n) is 14.9. The maximum Gasteiger partial charge on any atom is 0.274 e. The molecule has 1 N–H and O–H groups in total. The smallest absolute Gasteiger partial charge is 0.274 e. The van der Waals surface area contributed by atoms with Gasteiger partial charge in [0.1, 0.15) is 0 Å². The number of nitrogens with one attached hydrogen (secondary N) is 1. The van der Waals surface area contributed by atoms with Gasteiger partial charge < -0.3 is 5.32 Å². The van der Waals surface area contributed by atoms with Crippen molar-refractivity contribution in [2.24, 2.45) is 0 Å². The number of benzene rings is 2. The van der Waals surface area contributed by atoms with E-state index in [9.17, 15) is 14.9 Å². The van der Waals surface area contributed by atoms with Crippen LogP contribution in [-0.4, -0.2) is 15.8 Å². The molecule has 0 bridgehead atoms. The summed E-state index contributed by atoms with van der Waals surface area (Å²) in [7, 11) is 0. The molecule has 0 saturated carbocycles. The summed E-state index contributed by atoms with van der Waals surface area (Å²) in [6.07, 6.45) is 0.715. The Bertz CT molecular complexity index is 1030. The van der Waals surface area contributed by atoms with E-state index >= 15 is 0 Å². The molecule has 26 heavy (non-hydrogen) atoms. The van der Waals surface area contributed by atoms with Gasteiger partial charge in [0.2, 0.25) is 0 Å². The fourth-order valence-corrected chi connectivity index (χ4v) is 3.07. The van der Waals surface area contributed by atoms with Crippen LogP contribution in [0.3, 0.4) is 0 Å². The van der Waals surface area contributed by atoms with E-state index in [1.165, 1.54) is 6.07 Å². The normalized spacial score (nSPS) is 10.7. The van der Waals surface area contributed by atoms with Gasteiger partial charge in [-0.1, -0.05) is 31.2 Å². The molecule has 1 amide bonds. The first-order chi connectivity index (χ1) is 12.4. The second kappa shape index (κ2) is 6.92. The number of nitro benzene ring substituents is 1. The number of hydrogen-bond acceptors (Lipinski definition) is 4. The molecular formula is C20H19N3O3. The summed E-state index contributed by atoms with van der Waals surface area (Å²) in [5, 5.41) is 14.7. The highest BCUT2D eigenvalue weighted by atomic mass is 16.6. The molecule has 3 rings (SSSR count). The average molecular weight is 349 g/mol. The number of rotatable bonds is 4. The van der Waals surface area contributed by atoms with Crippen molar-refractivity contribution in [3.8, 4) is 0 Å². The first-order valence-corrected chi connectivity index (χ1v) is 8.37. The van der Waals surface area contributed by atoms with Crippen LogP contribution in [0.25, 0.3) is 10.9 Å². The number of pyridine rings is 1. The SMILES string of the molecule is CCc1nc2ccccc2c(C(=O)Nc2ccc(C)c([N+](=O)[O-])c2)c1C. The van der Waals surface area contributed by atoms with E-state index < -0.39 is 4.92 Å². The number of aromatic nitrogens is 1. The monoisotopic (exact) mass is 349 g/mol. The van der Waals surface area contributed by atoms with Crippen LogP contribution in [0.15, 0.2) is 42.5 Å². The molecule has 0 spiro atoms. The van der Waals surface area contributed by atoms with Crippen molar-refractivity contribution in [2.75, 3.05) is 5.32 Å². The lowest BCUT2D eigenvalue weighted by Crippen LogP contribution is -2.16. The minimum Gasteiger partial charge on any atom is -0.322 e. The summed E-state index contributed by atoms with van der Waals surface area (Å²) in [5.41, 5.74) is 3.92. The van der Waals surface area contributed by atoms with Crippen LogP contribution >= 0.6 is 0 Å². The molecule has 3 aromatic rings. The number of para-hydroxylation sites is 1. The van der Waals surface area contributed by atoms with Crippen molar-refractivity contribution in [3.63, 3.8) is 0 Å². The number of nitrogens with zero attached hydrogens (tertiary/aromatic N) is 2. The Balaban J connectivity index is 2.07. The molecule has 132 valence electrons. The number of nitro groups is 1. The van der Waals surface area contributed by atoms with Gasteiger partial charge >= 0.3 is 0 Å². The molecular weight excluding hydrogens is 330 g/mol. The van der Waals surface area contributed by atoms with Gasteiger partial charge in [0.05, 0.1) is 16.0 Å². The number of hydrogen-bond donors (Lipinski definition) is 1. The van der Waals surface area contributed by atoms with E-state index in [2.05, 4.69) is 10.3 Å². The molecule has 0 aliphatic heterocycles. The van der Waals surface area contributed by atoms with E-state index in [4.69, 9.17) is 0 Å². The zero-order chi connectivity index (χ0) is 18.8. The minimum absolute atomic E-state index is 0.0200. The van der Waals surface area contributed by atoms with Crippen molar-refractivity contribution < 1.29 is 9.72 Å². The Morgan fingerprint density at radius 2 is 1.92 bits per heavy atom. The predicted molar refractivity (Wildman–Crippen MR) is 102 cm³/mol.